The summed E-state index contributed by atoms with van der Waals surface area (Å²) in [4.78, 5) is 16.4. The summed E-state index contributed by atoms with van der Waals surface area (Å²) in [6.45, 7) is 11.5. The van der Waals surface area contributed by atoms with Gasteiger partial charge in [-0.25, -0.2) is 9.79 Å². The molecule has 0 N–H and O–H groups in total. The standard InChI is InChI=1S/C14H23NO3/c1-7-8-9-10-11(16)18-14(5,13(2,3)4)12(15-10)17-6/h7,10H,1,8-9H2,2-6H3/t10-,14+/m1/s1. The zero-order valence-corrected chi connectivity index (χ0v) is 11.9. The summed E-state index contributed by atoms with van der Waals surface area (Å²) in [6, 6.07) is -0.478. The highest BCUT2D eigenvalue weighted by Crippen LogP contribution is 2.38. The summed E-state index contributed by atoms with van der Waals surface area (Å²) >= 11 is 0. The fourth-order valence-corrected chi connectivity index (χ4v) is 1.81. The van der Waals surface area contributed by atoms with Crippen molar-refractivity contribution in [2.45, 2.75) is 52.2 Å². The van der Waals surface area contributed by atoms with Gasteiger partial charge < -0.3 is 9.47 Å². The molecule has 0 saturated carbocycles. The predicted octanol–water partition coefficient (Wildman–Crippen LogP) is 2.73. The summed E-state index contributed by atoms with van der Waals surface area (Å²) in [6.07, 6.45) is 3.11. The molecule has 4 heteroatoms. The van der Waals surface area contributed by atoms with E-state index in [9.17, 15) is 4.79 Å². The van der Waals surface area contributed by atoms with E-state index >= 15 is 0 Å². The molecule has 1 rings (SSSR count). The van der Waals surface area contributed by atoms with Gasteiger partial charge >= 0.3 is 5.97 Å². The summed E-state index contributed by atoms with van der Waals surface area (Å²) in [7, 11) is 1.56. The number of cyclic esters (lactones) is 1. The molecule has 102 valence electrons. The van der Waals surface area contributed by atoms with Gasteiger partial charge in [-0.1, -0.05) is 26.8 Å². The number of ether oxygens (including phenoxy) is 2. The summed E-state index contributed by atoms with van der Waals surface area (Å²) in [5.41, 5.74) is -1.09. The molecule has 0 amide bonds. The first-order chi connectivity index (χ1) is 8.26. The van der Waals surface area contributed by atoms with Gasteiger partial charge in [0.15, 0.2) is 11.6 Å². The topological polar surface area (TPSA) is 47.9 Å². The number of allylic oxidation sites excluding steroid dienone is 1. The Morgan fingerprint density at radius 2 is 2.17 bits per heavy atom. The fourth-order valence-electron chi connectivity index (χ4n) is 1.81. The summed E-state index contributed by atoms with van der Waals surface area (Å²) < 4.78 is 11.0. The van der Waals surface area contributed by atoms with Crippen LogP contribution in [0.2, 0.25) is 0 Å². The van der Waals surface area contributed by atoms with Gasteiger partial charge in [-0.3, -0.25) is 0 Å². The molecule has 1 aliphatic heterocycles. The number of esters is 1. The van der Waals surface area contributed by atoms with Crippen molar-refractivity contribution in [1.82, 2.24) is 0 Å². The van der Waals surface area contributed by atoms with E-state index in [1.807, 2.05) is 27.7 Å². The van der Waals surface area contributed by atoms with Crippen molar-refractivity contribution in [1.29, 1.82) is 0 Å². The number of hydrogen-bond acceptors (Lipinski definition) is 4. The third-order valence-corrected chi connectivity index (χ3v) is 3.53. The van der Waals surface area contributed by atoms with Crippen molar-refractivity contribution in [3.05, 3.63) is 12.7 Å². The molecule has 0 saturated heterocycles. The van der Waals surface area contributed by atoms with Gasteiger partial charge in [-0.2, -0.15) is 0 Å². The highest BCUT2D eigenvalue weighted by atomic mass is 16.6. The van der Waals surface area contributed by atoms with E-state index in [2.05, 4.69) is 11.6 Å². The Morgan fingerprint density at radius 3 is 2.61 bits per heavy atom. The normalized spacial score (nSPS) is 28.4. The highest BCUT2D eigenvalue weighted by Gasteiger charge is 2.51. The molecule has 0 aliphatic carbocycles. The van der Waals surface area contributed by atoms with Crippen LogP contribution in [0.4, 0.5) is 0 Å². The van der Waals surface area contributed by atoms with Crippen molar-refractivity contribution >= 4 is 11.9 Å². The Morgan fingerprint density at radius 1 is 1.56 bits per heavy atom. The van der Waals surface area contributed by atoms with Crippen LogP contribution >= 0.6 is 0 Å². The molecule has 1 aliphatic rings. The Labute approximate surface area is 109 Å². The van der Waals surface area contributed by atoms with E-state index < -0.39 is 11.6 Å². The number of rotatable bonds is 3. The van der Waals surface area contributed by atoms with Crippen LogP contribution in [0.15, 0.2) is 17.6 Å². The number of aliphatic imine (C=N–C) groups is 1. The second kappa shape index (κ2) is 5.12. The molecule has 0 radical (unpaired) electrons. The van der Waals surface area contributed by atoms with Gasteiger partial charge in [0.2, 0.25) is 5.90 Å². The second-order valence-electron chi connectivity index (χ2n) is 5.72. The van der Waals surface area contributed by atoms with Crippen LogP contribution in [0, 0.1) is 5.41 Å². The van der Waals surface area contributed by atoms with Crippen LogP contribution in [0.5, 0.6) is 0 Å². The number of nitrogens with zero attached hydrogens (tertiary/aromatic N) is 1. The van der Waals surface area contributed by atoms with Crippen molar-refractivity contribution < 1.29 is 14.3 Å². The molecule has 0 spiro atoms. The fraction of sp³-hybridized carbons (Fsp3) is 0.714. The Balaban J connectivity index is 3.07. The van der Waals surface area contributed by atoms with Crippen LogP contribution in [0.1, 0.15) is 40.5 Å². The van der Waals surface area contributed by atoms with E-state index in [0.717, 1.165) is 6.42 Å². The molecular weight excluding hydrogens is 230 g/mol. The largest absolute Gasteiger partial charge is 0.481 e. The maximum atomic E-state index is 12.0. The lowest BCUT2D eigenvalue weighted by Gasteiger charge is -2.43. The van der Waals surface area contributed by atoms with E-state index in [1.165, 1.54) is 0 Å². The quantitative estimate of drug-likeness (QED) is 0.574. The van der Waals surface area contributed by atoms with Gasteiger partial charge in [0.05, 0.1) is 7.11 Å². The lowest BCUT2D eigenvalue weighted by molar-refractivity contribution is -0.166. The number of hydrogen-bond donors (Lipinski definition) is 0. The van der Waals surface area contributed by atoms with E-state index in [1.54, 1.807) is 13.2 Å². The summed E-state index contributed by atoms with van der Waals surface area (Å²) in [5, 5.41) is 0. The smallest absolute Gasteiger partial charge is 0.332 e. The Kier molecular flexibility index (Phi) is 4.20. The minimum Gasteiger partial charge on any atom is -0.481 e. The molecule has 18 heavy (non-hydrogen) atoms. The van der Waals surface area contributed by atoms with Crippen molar-refractivity contribution in [2.75, 3.05) is 7.11 Å². The average molecular weight is 253 g/mol. The van der Waals surface area contributed by atoms with E-state index in [-0.39, 0.29) is 11.4 Å². The minimum atomic E-state index is -0.816. The predicted molar refractivity (Wildman–Crippen MR) is 71.6 cm³/mol. The molecule has 0 aromatic heterocycles. The maximum Gasteiger partial charge on any atom is 0.332 e. The zero-order chi connectivity index (χ0) is 14.0. The Hall–Kier alpha value is -1.32. The van der Waals surface area contributed by atoms with Gasteiger partial charge in [0.1, 0.15) is 0 Å². The van der Waals surface area contributed by atoms with Crippen molar-refractivity contribution in [3.8, 4) is 0 Å². The molecule has 0 aromatic rings. The van der Waals surface area contributed by atoms with Crippen LogP contribution in [0.3, 0.4) is 0 Å². The molecule has 2 atom stereocenters. The number of carbonyl (C=O) groups excluding carboxylic acids is 1. The first-order valence-electron chi connectivity index (χ1n) is 6.22. The number of carbonyl (C=O) groups is 1. The van der Waals surface area contributed by atoms with Gasteiger partial charge in [0.25, 0.3) is 0 Å². The molecule has 0 fully saturated rings. The van der Waals surface area contributed by atoms with Crippen LogP contribution in [-0.4, -0.2) is 30.6 Å². The van der Waals surface area contributed by atoms with Crippen molar-refractivity contribution in [2.24, 2.45) is 10.4 Å². The molecule has 0 unspecified atom stereocenters. The SMILES string of the molecule is C=CCC[C@H]1N=C(OC)[C@@](C)(C(C)(C)C)OC1=O. The lowest BCUT2D eigenvalue weighted by Crippen LogP contribution is -2.56. The van der Waals surface area contributed by atoms with Crippen LogP contribution < -0.4 is 0 Å². The molecule has 1 heterocycles. The van der Waals surface area contributed by atoms with Crippen molar-refractivity contribution in [3.63, 3.8) is 0 Å². The third kappa shape index (κ3) is 2.57. The third-order valence-electron chi connectivity index (χ3n) is 3.53. The number of methoxy groups -OCH3 is 1. The first-order valence-corrected chi connectivity index (χ1v) is 6.22. The highest BCUT2D eigenvalue weighted by molar-refractivity contribution is 5.94. The van der Waals surface area contributed by atoms with Gasteiger partial charge in [-0.05, 0) is 19.8 Å². The first kappa shape index (κ1) is 14.7. The average Bonchev–Trinajstić information content (AvgIpc) is 2.26. The molecule has 4 nitrogen and oxygen atoms in total. The molecular formula is C14H23NO3. The lowest BCUT2D eigenvalue weighted by atomic mass is 9.76. The van der Waals surface area contributed by atoms with Gasteiger partial charge in [-0.15, -0.1) is 6.58 Å². The van der Waals surface area contributed by atoms with Crippen LogP contribution in [-0.2, 0) is 14.3 Å². The molecule has 0 aromatic carbocycles. The van der Waals surface area contributed by atoms with Gasteiger partial charge in [0, 0.05) is 5.41 Å². The molecule has 0 bridgehead atoms. The monoisotopic (exact) mass is 253 g/mol. The zero-order valence-electron chi connectivity index (χ0n) is 11.9. The maximum absolute atomic E-state index is 12.0. The Bertz CT molecular complexity index is 368. The second-order valence-corrected chi connectivity index (χ2v) is 5.72. The minimum absolute atomic E-state index is 0.277. The van der Waals surface area contributed by atoms with E-state index in [0.29, 0.717) is 12.3 Å². The van der Waals surface area contributed by atoms with Crippen LogP contribution in [0.25, 0.3) is 0 Å². The van der Waals surface area contributed by atoms with E-state index in [4.69, 9.17) is 9.47 Å². The summed E-state index contributed by atoms with van der Waals surface area (Å²) in [5.74, 6) is 0.207.